The molecule has 3 rings (SSSR count). The predicted molar refractivity (Wildman–Crippen MR) is 98.2 cm³/mol. The van der Waals surface area contributed by atoms with E-state index in [0.29, 0.717) is 12.2 Å². The average Bonchev–Trinajstić information content (AvgIpc) is 3.07. The first kappa shape index (κ1) is 18.5. The second-order valence-corrected chi connectivity index (χ2v) is 7.05. The Morgan fingerprint density at radius 2 is 1.96 bits per heavy atom. The molecule has 6 heteroatoms. The highest BCUT2D eigenvalue weighted by molar-refractivity contribution is 5.94. The van der Waals surface area contributed by atoms with Crippen molar-refractivity contribution in [3.8, 4) is 5.69 Å². The number of amides is 1. The van der Waals surface area contributed by atoms with Gasteiger partial charge in [-0.15, -0.1) is 12.4 Å². The zero-order valence-electron chi connectivity index (χ0n) is 14.4. The highest BCUT2D eigenvalue weighted by Gasteiger charge is 2.27. The quantitative estimate of drug-likeness (QED) is 0.891. The first-order valence-electron chi connectivity index (χ1n) is 8.10. The van der Waals surface area contributed by atoms with Crippen molar-refractivity contribution in [2.24, 2.45) is 5.73 Å². The Labute approximate surface area is 149 Å². The molecule has 1 aromatic heterocycles. The van der Waals surface area contributed by atoms with Gasteiger partial charge in [0.25, 0.3) is 5.91 Å². The number of nitrogens with one attached hydrogen (secondary N) is 1. The lowest BCUT2D eigenvalue weighted by Crippen LogP contribution is -2.45. The van der Waals surface area contributed by atoms with Crippen LogP contribution < -0.4 is 11.1 Å². The molecule has 1 amide bonds. The van der Waals surface area contributed by atoms with Gasteiger partial charge in [-0.1, -0.05) is 17.7 Å². The molecular formula is C18H25ClN4O. The van der Waals surface area contributed by atoms with Crippen LogP contribution >= 0.6 is 12.4 Å². The van der Waals surface area contributed by atoms with E-state index in [-0.39, 0.29) is 18.3 Å². The van der Waals surface area contributed by atoms with Crippen LogP contribution in [0.4, 0.5) is 0 Å². The third-order valence-electron chi connectivity index (χ3n) is 4.13. The summed E-state index contributed by atoms with van der Waals surface area (Å²) >= 11 is 0. The minimum absolute atomic E-state index is 0. The van der Waals surface area contributed by atoms with Gasteiger partial charge < -0.3 is 11.1 Å². The molecule has 1 aliphatic carbocycles. The lowest BCUT2D eigenvalue weighted by atomic mass is 10.1. The van der Waals surface area contributed by atoms with Crippen molar-refractivity contribution in [3.05, 3.63) is 46.8 Å². The first-order valence-corrected chi connectivity index (χ1v) is 8.10. The van der Waals surface area contributed by atoms with Crippen molar-refractivity contribution in [1.29, 1.82) is 0 Å². The van der Waals surface area contributed by atoms with Crippen LogP contribution in [0.15, 0.2) is 24.3 Å². The van der Waals surface area contributed by atoms with Gasteiger partial charge in [0.2, 0.25) is 0 Å². The number of carbonyl (C=O) groups excluding carboxylic acids is 1. The molecule has 1 aromatic carbocycles. The van der Waals surface area contributed by atoms with E-state index in [9.17, 15) is 4.79 Å². The zero-order valence-corrected chi connectivity index (χ0v) is 15.2. The number of hydrogen-bond acceptors (Lipinski definition) is 3. The number of rotatable bonds is 4. The van der Waals surface area contributed by atoms with Gasteiger partial charge in [-0.05, 0) is 52.2 Å². The molecule has 0 unspecified atom stereocenters. The minimum Gasteiger partial charge on any atom is -0.349 e. The van der Waals surface area contributed by atoms with Gasteiger partial charge in [-0.2, -0.15) is 5.10 Å². The Hall–Kier alpha value is -1.85. The normalized spacial score (nSPS) is 13.3. The lowest BCUT2D eigenvalue weighted by molar-refractivity contribution is 0.0939. The van der Waals surface area contributed by atoms with Crippen molar-refractivity contribution in [2.75, 3.05) is 6.54 Å². The van der Waals surface area contributed by atoms with Crippen LogP contribution in [0.3, 0.4) is 0 Å². The van der Waals surface area contributed by atoms with Gasteiger partial charge in [-0.25, -0.2) is 4.68 Å². The Morgan fingerprint density at radius 3 is 2.58 bits per heavy atom. The van der Waals surface area contributed by atoms with E-state index in [1.807, 2.05) is 30.7 Å². The molecule has 0 radical (unpaired) electrons. The average molecular weight is 349 g/mol. The second kappa shape index (κ2) is 6.95. The van der Waals surface area contributed by atoms with Crippen LogP contribution in [-0.4, -0.2) is 27.8 Å². The molecule has 3 N–H and O–H groups in total. The molecule has 0 saturated heterocycles. The number of nitrogens with two attached hydrogens (primary N) is 1. The van der Waals surface area contributed by atoms with Gasteiger partial charge in [0.15, 0.2) is 5.69 Å². The molecule has 2 aromatic rings. The first-order chi connectivity index (χ1) is 10.8. The number of aromatic nitrogens is 2. The summed E-state index contributed by atoms with van der Waals surface area (Å²) in [7, 11) is 0. The van der Waals surface area contributed by atoms with E-state index in [1.54, 1.807) is 0 Å². The summed E-state index contributed by atoms with van der Waals surface area (Å²) in [6.07, 6.45) is 2.95. The van der Waals surface area contributed by atoms with Crippen LogP contribution in [0.2, 0.25) is 0 Å². The summed E-state index contributed by atoms with van der Waals surface area (Å²) in [6, 6.07) is 8.22. The number of aryl methyl sites for hydroxylation is 1. The molecular weight excluding hydrogens is 324 g/mol. The molecule has 5 nitrogen and oxygen atoms in total. The van der Waals surface area contributed by atoms with E-state index >= 15 is 0 Å². The minimum atomic E-state index is -0.432. The van der Waals surface area contributed by atoms with E-state index in [2.05, 4.69) is 29.5 Å². The van der Waals surface area contributed by atoms with Gasteiger partial charge >= 0.3 is 0 Å². The fourth-order valence-electron chi connectivity index (χ4n) is 2.91. The monoisotopic (exact) mass is 348 g/mol. The third-order valence-corrected chi connectivity index (χ3v) is 4.13. The molecule has 1 aliphatic rings. The molecule has 0 aliphatic heterocycles. The van der Waals surface area contributed by atoms with Crippen molar-refractivity contribution >= 4 is 18.3 Å². The topological polar surface area (TPSA) is 72.9 Å². The molecule has 0 fully saturated rings. The number of benzene rings is 1. The molecule has 130 valence electrons. The smallest absolute Gasteiger partial charge is 0.272 e. The summed E-state index contributed by atoms with van der Waals surface area (Å²) in [4.78, 5) is 12.5. The Balaban J connectivity index is 0.00000208. The van der Waals surface area contributed by atoms with Crippen LogP contribution in [0, 0.1) is 6.92 Å². The molecule has 1 heterocycles. The van der Waals surface area contributed by atoms with Crippen LogP contribution in [-0.2, 0) is 12.8 Å². The van der Waals surface area contributed by atoms with Gasteiger partial charge in [0, 0.05) is 23.3 Å². The van der Waals surface area contributed by atoms with Crippen molar-refractivity contribution < 1.29 is 4.79 Å². The Morgan fingerprint density at radius 1 is 1.29 bits per heavy atom. The predicted octanol–water partition coefficient (Wildman–Crippen LogP) is 2.56. The lowest BCUT2D eigenvalue weighted by Gasteiger charge is -2.18. The van der Waals surface area contributed by atoms with E-state index < -0.39 is 5.54 Å². The Kier molecular flexibility index (Phi) is 5.35. The van der Waals surface area contributed by atoms with E-state index in [4.69, 9.17) is 5.73 Å². The fourth-order valence-corrected chi connectivity index (χ4v) is 2.91. The molecule has 0 saturated carbocycles. The van der Waals surface area contributed by atoms with Crippen LogP contribution in [0.5, 0.6) is 0 Å². The molecule has 24 heavy (non-hydrogen) atoms. The number of hydrogen-bond donors (Lipinski definition) is 2. The number of halogens is 1. The summed E-state index contributed by atoms with van der Waals surface area (Å²) in [5, 5.41) is 7.50. The maximum Gasteiger partial charge on any atom is 0.272 e. The van der Waals surface area contributed by atoms with Gasteiger partial charge in [0.05, 0.1) is 5.69 Å². The summed E-state index contributed by atoms with van der Waals surface area (Å²) in [5.74, 6) is -0.132. The van der Waals surface area contributed by atoms with Crippen molar-refractivity contribution in [2.45, 2.75) is 45.6 Å². The molecule has 0 bridgehead atoms. The van der Waals surface area contributed by atoms with Gasteiger partial charge in [0.1, 0.15) is 0 Å². The molecule has 0 atom stereocenters. The number of fused-ring (bicyclic) bond motifs is 1. The van der Waals surface area contributed by atoms with Crippen LogP contribution in [0.1, 0.15) is 47.6 Å². The third kappa shape index (κ3) is 3.79. The highest BCUT2D eigenvalue weighted by Crippen LogP contribution is 2.27. The van der Waals surface area contributed by atoms with Crippen molar-refractivity contribution in [3.63, 3.8) is 0 Å². The Bertz CT molecular complexity index is 729. The zero-order chi connectivity index (χ0) is 16.6. The fraction of sp³-hybridized carbons (Fsp3) is 0.444. The maximum absolute atomic E-state index is 12.5. The summed E-state index contributed by atoms with van der Waals surface area (Å²) < 4.78 is 1.92. The van der Waals surface area contributed by atoms with Crippen molar-refractivity contribution in [1.82, 2.24) is 15.1 Å². The van der Waals surface area contributed by atoms with Gasteiger partial charge in [-0.3, -0.25) is 4.79 Å². The number of carbonyl (C=O) groups is 1. The highest BCUT2D eigenvalue weighted by atomic mass is 35.5. The maximum atomic E-state index is 12.5. The second-order valence-electron chi connectivity index (χ2n) is 7.05. The summed E-state index contributed by atoms with van der Waals surface area (Å²) in [5.41, 5.74) is 10.5. The molecule has 0 spiro atoms. The number of nitrogens with zero attached hydrogens (tertiary/aromatic N) is 2. The van der Waals surface area contributed by atoms with E-state index in [0.717, 1.165) is 36.2 Å². The standard InChI is InChI=1S/C18H24N4O.ClH/c1-12-7-9-13(10-8-12)22-15-6-4-5-14(15)16(21-22)17(23)20-11-18(2,3)19;/h7-10H,4-6,11,19H2,1-3H3,(H,20,23);1H. The summed E-state index contributed by atoms with van der Waals surface area (Å²) in [6.45, 7) is 6.27. The SMILES string of the molecule is Cc1ccc(-n2nc(C(=O)NCC(C)(C)N)c3c2CCC3)cc1.Cl. The van der Waals surface area contributed by atoms with E-state index in [1.165, 1.54) is 5.56 Å². The largest absolute Gasteiger partial charge is 0.349 e. The van der Waals surface area contributed by atoms with Crippen LogP contribution in [0.25, 0.3) is 5.69 Å².